The van der Waals surface area contributed by atoms with Crippen molar-refractivity contribution in [1.29, 1.82) is 0 Å². The fourth-order valence-electron chi connectivity index (χ4n) is 1.80. The Balaban J connectivity index is 2.24. The van der Waals surface area contributed by atoms with E-state index in [1.54, 1.807) is 4.68 Å². The number of nitrogens with one attached hydrogen (secondary N) is 1. The van der Waals surface area contributed by atoms with Gasteiger partial charge in [0.2, 0.25) is 0 Å². The number of rotatable bonds is 10. The van der Waals surface area contributed by atoms with Gasteiger partial charge in [-0.1, -0.05) is 18.6 Å². The molecule has 3 N–H and O–H groups in total. The van der Waals surface area contributed by atoms with Gasteiger partial charge in [0.1, 0.15) is 0 Å². The minimum Gasteiger partial charge on any atom is -0.396 e. The van der Waals surface area contributed by atoms with Crippen LogP contribution in [0.3, 0.4) is 0 Å². The maximum absolute atomic E-state index is 8.90. The molecule has 1 aromatic rings. The van der Waals surface area contributed by atoms with E-state index >= 15 is 0 Å². The number of hydrogen-bond donors (Lipinski definition) is 3. The summed E-state index contributed by atoms with van der Waals surface area (Å²) in [6, 6.07) is 0. The lowest BCUT2D eigenvalue weighted by Crippen LogP contribution is -2.23. The van der Waals surface area contributed by atoms with Gasteiger partial charge in [0.15, 0.2) is 0 Å². The molecule has 0 bridgehead atoms. The van der Waals surface area contributed by atoms with Gasteiger partial charge in [-0.2, -0.15) is 0 Å². The highest BCUT2D eigenvalue weighted by Gasteiger charge is 2.06. The third-order valence-electron chi connectivity index (χ3n) is 2.99. The van der Waals surface area contributed by atoms with E-state index in [0.29, 0.717) is 25.4 Å². The van der Waals surface area contributed by atoms with E-state index in [0.717, 1.165) is 25.1 Å². The summed E-state index contributed by atoms with van der Waals surface area (Å²) in [6.45, 7) is 4.84. The topological polar surface area (TPSA) is 83.2 Å². The van der Waals surface area contributed by atoms with Crippen LogP contribution in [-0.2, 0) is 13.1 Å². The first-order valence-corrected chi connectivity index (χ1v) is 6.61. The quantitative estimate of drug-likeness (QED) is 0.555. The lowest BCUT2D eigenvalue weighted by atomic mass is 10.0. The van der Waals surface area contributed by atoms with Gasteiger partial charge in [0, 0.05) is 32.5 Å². The average Bonchev–Trinajstić information content (AvgIpc) is 2.83. The van der Waals surface area contributed by atoms with E-state index in [2.05, 4.69) is 22.6 Å². The van der Waals surface area contributed by atoms with Crippen LogP contribution in [0.1, 0.15) is 31.9 Å². The van der Waals surface area contributed by atoms with E-state index in [-0.39, 0.29) is 13.2 Å². The molecule has 0 saturated carbocycles. The second-order valence-corrected chi connectivity index (χ2v) is 4.47. The molecule has 0 saturated heterocycles. The monoisotopic (exact) mass is 256 g/mol. The van der Waals surface area contributed by atoms with Crippen molar-refractivity contribution in [2.45, 2.75) is 39.3 Å². The molecule has 0 fully saturated rings. The largest absolute Gasteiger partial charge is 0.396 e. The van der Waals surface area contributed by atoms with Crippen molar-refractivity contribution in [2.24, 2.45) is 5.92 Å². The molecule has 0 aliphatic carbocycles. The van der Waals surface area contributed by atoms with E-state index in [1.807, 2.05) is 6.20 Å². The Morgan fingerprint density at radius 3 is 2.89 bits per heavy atom. The molecule has 0 aliphatic rings. The van der Waals surface area contributed by atoms with Crippen LogP contribution in [-0.4, -0.2) is 45.0 Å². The van der Waals surface area contributed by atoms with Crippen molar-refractivity contribution in [3.63, 3.8) is 0 Å². The normalized spacial score (nSPS) is 12.8. The number of aryl methyl sites for hydroxylation is 1. The molecule has 18 heavy (non-hydrogen) atoms. The first-order chi connectivity index (χ1) is 8.80. The standard InChI is InChI=1S/C12H24N4O2/c1-2-11(4-7-18)8-13-9-12-10-16(15-14-12)5-3-6-17/h10-11,13,17-18H,2-9H2,1H3. The Labute approximate surface area is 108 Å². The highest BCUT2D eigenvalue weighted by Crippen LogP contribution is 2.05. The summed E-state index contributed by atoms with van der Waals surface area (Å²) >= 11 is 0. The molecule has 0 spiro atoms. The SMILES string of the molecule is CCC(CCO)CNCc1cn(CCCO)nn1. The van der Waals surface area contributed by atoms with Gasteiger partial charge in [-0.05, 0) is 25.3 Å². The third kappa shape index (κ3) is 5.57. The number of aromatic nitrogens is 3. The molecule has 6 heteroatoms. The zero-order valence-electron chi connectivity index (χ0n) is 11.0. The average molecular weight is 256 g/mol. The van der Waals surface area contributed by atoms with Crippen LogP contribution in [0.15, 0.2) is 6.20 Å². The van der Waals surface area contributed by atoms with Gasteiger partial charge in [-0.3, -0.25) is 4.68 Å². The number of aliphatic hydroxyl groups excluding tert-OH is 2. The molecule has 1 rings (SSSR count). The Morgan fingerprint density at radius 2 is 2.22 bits per heavy atom. The molecule has 1 unspecified atom stereocenters. The van der Waals surface area contributed by atoms with Crippen LogP contribution in [0.4, 0.5) is 0 Å². The number of hydrogen-bond acceptors (Lipinski definition) is 5. The summed E-state index contributed by atoms with van der Waals surface area (Å²) in [5.74, 6) is 0.513. The van der Waals surface area contributed by atoms with Crippen molar-refractivity contribution in [1.82, 2.24) is 20.3 Å². The second-order valence-electron chi connectivity index (χ2n) is 4.47. The van der Waals surface area contributed by atoms with Gasteiger partial charge in [0.05, 0.1) is 5.69 Å². The second kappa shape index (κ2) is 9.02. The van der Waals surface area contributed by atoms with Crippen molar-refractivity contribution >= 4 is 0 Å². The van der Waals surface area contributed by atoms with E-state index in [9.17, 15) is 0 Å². The predicted octanol–water partition coefficient (Wildman–Crippen LogP) is 0.159. The summed E-state index contributed by atoms with van der Waals surface area (Å²) < 4.78 is 1.75. The van der Waals surface area contributed by atoms with E-state index < -0.39 is 0 Å². The molecule has 6 nitrogen and oxygen atoms in total. The molecule has 0 aromatic carbocycles. The fourth-order valence-corrected chi connectivity index (χ4v) is 1.80. The van der Waals surface area contributed by atoms with Crippen LogP contribution >= 0.6 is 0 Å². The number of nitrogens with zero attached hydrogens (tertiary/aromatic N) is 3. The minimum atomic E-state index is 0.173. The molecule has 0 amide bonds. The highest BCUT2D eigenvalue weighted by atomic mass is 16.3. The smallest absolute Gasteiger partial charge is 0.0964 e. The maximum atomic E-state index is 8.90. The molecule has 0 aliphatic heterocycles. The molecular formula is C12H24N4O2. The zero-order valence-corrected chi connectivity index (χ0v) is 11.0. The summed E-state index contributed by atoms with van der Waals surface area (Å²) in [7, 11) is 0. The first kappa shape index (κ1) is 15.1. The predicted molar refractivity (Wildman–Crippen MR) is 68.9 cm³/mol. The number of aliphatic hydroxyl groups is 2. The molecule has 1 atom stereocenters. The van der Waals surface area contributed by atoms with Crippen LogP contribution in [0.2, 0.25) is 0 Å². The maximum Gasteiger partial charge on any atom is 0.0964 e. The van der Waals surface area contributed by atoms with E-state index in [4.69, 9.17) is 10.2 Å². The Hall–Kier alpha value is -0.980. The summed E-state index contributed by atoms with van der Waals surface area (Å²) in [6.07, 6.45) is 4.50. The van der Waals surface area contributed by atoms with Crippen LogP contribution in [0, 0.1) is 5.92 Å². The van der Waals surface area contributed by atoms with Crippen LogP contribution in [0.25, 0.3) is 0 Å². The van der Waals surface area contributed by atoms with Crippen molar-refractivity contribution in [2.75, 3.05) is 19.8 Å². The fraction of sp³-hybridized carbons (Fsp3) is 0.833. The summed E-state index contributed by atoms with van der Waals surface area (Å²) in [4.78, 5) is 0. The zero-order chi connectivity index (χ0) is 13.2. The Bertz CT molecular complexity index is 317. The molecule has 104 valence electrons. The van der Waals surface area contributed by atoms with Gasteiger partial charge in [-0.25, -0.2) is 0 Å². The lowest BCUT2D eigenvalue weighted by molar-refractivity contribution is 0.251. The Kier molecular flexibility index (Phi) is 7.55. The first-order valence-electron chi connectivity index (χ1n) is 6.61. The third-order valence-corrected chi connectivity index (χ3v) is 2.99. The summed E-state index contributed by atoms with van der Waals surface area (Å²) in [5.41, 5.74) is 0.909. The van der Waals surface area contributed by atoms with Crippen LogP contribution < -0.4 is 5.32 Å². The highest BCUT2D eigenvalue weighted by molar-refractivity contribution is 4.91. The minimum absolute atomic E-state index is 0.173. The van der Waals surface area contributed by atoms with Gasteiger partial charge in [-0.15, -0.1) is 5.10 Å². The molecule has 1 heterocycles. The molecular weight excluding hydrogens is 232 g/mol. The van der Waals surface area contributed by atoms with Crippen molar-refractivity contribution in [3.8, 4) is 0 Å². The van der Waals surface area contributed by atoms with Gasteiger partial charge >= 0.3 is 0 Å². The van der Waals surface area contributed by atoms with Gasteiger partial charge in [0.25, 0.3) is 0 Å². The lowest BCUT2D eigenvalue weighted by Gasteiger charge is -2.13. The molecule has 1 aromatic heterocycles. The molecule has 0 radical (unpaired) electrons. The summed E-state index contributed by atoms with van der Waals surface area (Å²) in [5, 5.41) is 29.0. The van der Waals surface area contributed by atoms with Gasteiger partial charge < -0.3 is 15.5 Å². The van der Waals surface area contributed by atoms with E-state index in [1.165, 1.54) is 0 Å². The Morgan fingerprint density at radius 1 is 1.39 bits per heavy atom. The van der Waals surface area contributed by atoms with Crippen molar-refractivity contribution in [3.05, 3.63) is 11.9 Å². The van der Waals surface area contributed by atoms with Crippen LogP contribution in [0.5, 0.6) is 0 Å². The van der Waals surface area contributed by atoms with Crippen molar-refractivity contribution < 1.29 is 10.2 Å².